The molecule has 0 bridgehead atoms. The lowest BCUT2D eigenvalue weighted by molar-refractivity contribution is 0.649. The van der Waals surface area contributed by atoms with E-state index < -0.39 is 0 Å². The van der Waals surface area contributed by atoms with E-state index in [2.05, 4.69) is 31.6 Å². The number of hydrogen-bond acceptors (Lipinski definition) is 1. The van der Waals surface area contributed by atoms with Crippen molar-refractivity contribution in [2.24, 2.45) is 10.9 Å². The van der Waals surface area contributed by atoms with Gasteiger partial charge < -0.3 is 0 Å². The van der Waals surface area contributed by atoms with Gasteiger partial charge in [0.2, 0.25) is 0 Å². The highest BCUT2D eigenvalue weighted by Gasteiger charge is 1.95. The summed E-state index contributed by atoms with van der Waals surface area (Å²) in [5.41, 5.74) is 1.33. The minimum atomic E-state index is 0.704. The second kappa shape index (κ2) is 5.90. The Morgan fingerprint density at radius 3 is 2.55 bits per heavy atom. The van der Waals surface area contributed by atoms with Crippen molar-refractivity contribution >= 4 is 6.72 Å². The van der Waals surface area contributed by atoms with Crippen molar-refractivity contribution < 1.29 is 0 Å². The van der Waals surface area contributed by atoms with Gasteiger partial charge in [0.1, 0.15) is 0 Å². The van der Waals surface area contributed by atoms with Crippen LogP contribution >= 0.6 is 0 Å². The third-order valence-electron chi connectivity index (χ3n) is 1.41. The second-order valence-corrected chi connectivity index (χ2v) is 2.96. The highest BCUT2D eigenvalue weighted by molar-refractivity contribution is 5.27. The lowest BCUT2D eigenvalue weighted by Gasteiger charge is -2.03. The third kappa shape index (κ3) is 5.59. The molecule has 0 atom stereocenters. The molecular weight excluding hydrogens is 134 g/mol. The van der Waals surface area contributed by atoms with Crippen LogP contribution in [0.2, 0.25) is 0 Å². The maximum Gasteiger partial charge on any atom is 0.0263 e. The van der Waals surface area contributed by atoms with Crippen molar-refractivity contribution in [3.05, 3.63) is 23.9 Å². The average molecular weight is 151 g/mol. The fourth-order valence-electron chi connectivity index (χ4n) is 0.902. The maximum atomic E-state index is 3.66. The van der Waals surface area contributed by atoms with Gasteiger partial charge in [-0.25, -0.2) is 0 Å². The molecule has 0 saturated heterocycles. The third-order valence-corrected chi connectivity index (χ3v) is 1.41. The van der Waals surface area contributed by atoms with Crippen LogP contribution in [0.1, 0.15) is 27.2 Å². The Hall–Kier alpha value is -0.850. The van der Waals surface area contributed by atoms with E-state index in [1.165, 1.54) is 5.57 Å². The van der Waals surface area contributed by atoms with Gasteiger partial charge in [0.15, 0.2) is 0 Å². The molecule has 11 heavy (non-hydrogen) atoms. The second-order valence-electron chi connectivity index (χ2n) is 2.96. The van der Waals surface area contributed by atoms with Crippen LogP contribution in [0.3, 0.4) is 0 Å². The molecule has 0 heterocycles. The number of nitrogens with zero attached hydrogens (tertiary/aromatic N) is 1. The van der Waals surface area contributed by atoms with Gasteiger partial charge in [-0.2, -0.15) is 0 Å². The van der Waals surface area contributed by atoms with Crippen molar-refractivity contribution in [2.75, 3.05) is 0 Å². The zero-order chi connectivity index (χ0) is 8.69. The van der Waals surface area contributed by atoms with E-state index in [1.54, 1.807) is 6.20 Å². The van der Waals surface area contributed by atoms with Gasteiger partial charge in [-0.05, 0) is 32.1 Å². The van der Waals surface area contributed by atoms with Crippen LogP contribution in [0.15, 0.2) is 28.9 Å². The van der Waals surface area contributed by atoms with Crippen LogP contribution in [0.4, 0.5) is 0 Å². The van der Waals surface area contributed by atoms with Crippen molar-refractivity contribution in [1.82, 2.24) is 0 Å². The average Bonchev–Trinajstić information content (AvgIpc) is 1.97. The van der Waals surface area contributed by atoms with Gasteiger partial charge >= 0.3 is 0 Å². The molecule has 0 aromatic rings. The van der Waals surface area contributed by atoms with Crippen LogP contribution in [-0.4, -0.2) is 6.72 Å². The summed E-state index contributed by atoms with van der Waals surface area (Å²) < 4.78 is 0. The summed E-state index contributed by atoms with van der Waals surface area (Å²) in [6.45, 7) is 9.84. The van der Waals surface area contributed by atoms with Crippen molar-refractivity contribution in [3.63, 3.8) is 0 Å². The van der Waals surface area contributed by atoms with Crippen molar-refractivity contribution in [2.45, 2.75) is 27.2 Å². The summed E-state index contributed by atoms with van der Waals surface area (Å²) in [6.07, 6.45) is 6.97. The molecule has 0 amide bonds. The van der Waals surface area contributed by atoms with Gasteiger partial charge in [0.25, 0.3) is 0 Å². The van der Waals surface area contributed by atoms with Gasteiger partial charge in [0.05, 0.1) is 0 Å². The molecule has 62 valence electrons. The Balaban J connectivity index is 3.98. The Kier molecular flexibility index (Phi) is 5.44. The smallest absolute Gasteiger partial charge is 0.0263 e. The van der Waals surface area contributed by atoms with E-state index in [4.69, 9.17) is 0 Å². The van der Waals surface area contributed by atoms with E-state index in [0.29, 0.717) is 5.92 Å². The molecule has 0 aliphatic heterocycles. The largest absolute Gasteiger partial charge is 0.273 e. The Morgan fingerprint density at radius 1 is 1.55 bits per heavy atom. The molecule has 0 aliphatic carbocycles. The van der Waals surface area contributed by atoms with E-state index in [-0.39, 0.29) is 0 Å². The number of allylic oxidation sites excluding steroid dienone is 3. The molecule has 0 aromatic carbocycles. The topological polar surface area (TPSA) is 12.4 Å². The zero-order valence-corrected chi connectivity index (χ0v) is 7.67. The molecule has 0 saturated carbocycles. The molecule has 0 unspecified atom stereocenters. The first kappa shape index (κ1) is 10.2. The summed E-state index contributed by atoms with van der Waals surface area (Å²) in [6, 6.07) is 0. The fourth-order valence-corrected chi connectivity index (χ4v) is 0.902. The Bertz CT molecular complexity index is 164. The molecule has 0 N–H and O–H groups in total. The summed E-state index contributed by atoms with van der Waals surface area (Å²) in [4.78, 5) is 3.66. The Labute approximate surface area is 69.5 Å². The first-order valence-corrected chi connectivity index (χ1v) is 3.98. The summed E-state index contributed by atoms with van der Waals surface area (Å²) in [7, 11) is 0. The molecule has 0 fully saturated rings. The monoisotopic (exact) mass is 151 g/mol. The van der Waals surface area contributed by atoms with E-state index in [1.807, 2.05) is 13.0 Å². The van der Waals surface area contributed by atoms with Crippen LogP contribution in [0, 0.1) is 5.92 Å². The first-order valence-electron chi connectivity index (χ1n) is 3.98. The predicted octanol–water partition coefficient (Wildman–Crippen LogP) is 3.19. The highest BCUT2D eigenvalue weighted by atomic mass is 14.6. The number of rotatable bonds is 4. The van der Waals surface area contributed by atoms with E-state index in [0.717, 1.165) is 6.42 Å². The number of aliphatic imine (C=N–C) groups is 1. The summed E-state index contributed by atoms with van der Waals surface area (Å²) in [5, 5.41) is 0. The minimum Gasteiger partial charge on any atom is -0.273 e. The van der Waals surface area contributed by atoms with Gasteiger partial charge in [-0.1, -0.05) is 25.5 Å². The Morgan fingerprint density at radius 2 is 2.18 bits per heavy atom. The minimum absolute atomic E-state index is 0.704. The lowest BCUT2D eigenvalue weighted by atomic mass is 10.0. The van der Waals surface area contributed by atoms with Crippen LogP contribution in [-0.2, 0) is 0 Å². The van der Waals surface area contributed by atoms with Gasteiger partial charge in [-0.15, -0.1) is 0 Å². The molecule has 1 heteroatoms. The van der Waals surface area contributed by atoms with E-state index >= 15 is 0 Å². The first-order chi connectivity index (χ1) is 5.20. The molecular formula is C10H17N. The quantitative estimate of drug-likeness (QED) is 0.432. The van der Waals surface area contributed by atoms with Gasteiger partial charge in [0, 0.05) is 6.20 Å². The molecule has 0 radical (unpaired) electrons. The SMILES string of the molecule is C=N/C=C\C(=C/C)CC(C)C. The maximum absolute atomic E-state index is 3.66. The van der Waals surface area contributed by atoms with Gasteiger partial charge in [-0.3, -0.25) is 4.99 Å². The summed E-state index contributed by atoms with van der Waals surface area (Å²) >= 11 is 0. The van der Waals surface area contributed by atoms with Crippen molar-refractivity contribution in [3.8, 4) is 0 Å². The normalized spacial score (nSPS) is 12.9. The molecule has 0 aromatic heterocycles. The standard InChI is InChI=1S/C10H17N/c1-5-10(6-7-11-4)8-9(2)3/h5-7,9H,4,8H2,1-3H3/b7-6-,10-5+. The predicted molar refractivity (Wildman–Crippen MR) is 51.9 cm³/mol. The molecule has 0 spiro atoms. The van der Waals surface area contributed by atoms with Crippen LogP contribution < -0.4 is 0 Å². The summed E-state index contributed by atoms with van der Waals surface area (Å²) in [5.74, 6) is 0.704. The van der Waals surface area contributed by atoms with Crippen LogP contribution in [0.25, 0.3) is 0 Å². The number of hydrogen-bond donors (Lipinski definition) is 0. The lowest BCUT2D eigenvalue weighted by Crippen LogP contribution is -1.88. The van der Waals surface area contributed by atoms with Crippen LogP contribution in [0.5, 0.6) is 0 Å². The molecule has 1 nitrogen and oxygen atoms in total. The van der Waals surface area contributed by atoms with Crippen molar-refractivity contribution in [1.29, 1.82) is 0 Å². The zero-order valence-electron chi connectivity index (χ0n) is 7.67. The molecule has 0 aliphatic rings. The van der Waals surface area contributed by atoms with E-state index in [9.17, 15) is 0 Å². The fraction of sp³-hybridized carbons (Fsp3) is 0.500. The highest BCUT2D eigenvalue weighted by Crippen LogP contribution is 2.11. The molecule has 0 rings (SSSR count).